The number of anilines is 1. The number of fused-ring (bicyclic) bond motifs is 1. The van der Waals surface area contributed by atoms with E-state index in [1.807, 2.05) is 42.5 Å². The lowest BCUT2D eigenvalue weighted by Gasteiger charge is -2.34. The molecule has 0 aliphatic carbocycles. The van der Waals surface area contributed by atoms with Gasteiger partial charge in [0.25, 0.3) is 0 Å². The van der Waals surface area contributed by atoms with E-state index in [1.54, 1.807) is 0 Å². The lowest BCUT2D eigenvalue weighted by Crippen LogP contribution is -2.40. The Morgan fingerprint density at radius 3 is 2.50 bits per heavy atom. The summed E-state index contributed by atoms with van der Waals surface area (Å²) in [7, 11) is 0. The predicted octanol–water partition coefficient (Wildman–Crippen LogP) is 2.56. The van der Waals surface area contributed by atoms with Crippen LogP contribution >= 0.6 is 0 Å². The van der Waals surface area contributed by atoms with Crippen molar-refractivity contribution in [2.24, 2.45) is 5.73 Å². The largest absolute Gasteiger partial charge is 0.481 e. The Morgan fingerprint density at radius 2 is 1.72 bits per heavy atom. The van der Waals surface area contributed by atoms with E-state index in [4.69, 9.17) is 10.5 Å². The molecule has 3 rings (SSSR count). The van der Waals surface area contributed by atoms with Gasteiger partial charge in [0.1, 0.15) is 11.9 Å². The van der Waals surface area contributed by atoms with Crippen molar-refractivity contribution in [2.75, 3.05) is 11.9 Å². The summed E-state index contributed by atoms with van der Waals surface area (Å²) in [6.45, 7) is 0.536. The van der Waals surface area contributed by atoms with Crippen LogP contribution in [-0.2, 0) is 0 Å². The highest BCUT2D eigenvalue weighted by molar-refractivity contribution is 5.59. The van der Waals surface area contributed by atoms with Crippen LogP contribution in [0.25, 0.3) is 0 Å². The summed E-state index contributed by atoms with van der Waals surface area (Å²) in [6, 6.07) is 18.2. The molecule has 0 saturated carbocycles. The minimum atomic E-state index is -0.0360. The van der Waals surface area contributed by atoms with E-state index in [0.717, 1.165) is 17.0 Å². The highest BCUT2D eigenvalue weighted by atomic mass is 16.5. The molecule has 18 heavy (non-hydrogen) atoms. The van der Waals surface area contributed by atoms with E-state index in [9.17, 15) is 0 Å². The molecule has 0 aromatic heterocycles. The van der Waals surface area contributed by atoms with Crippen molar-refractivity contribution in [2.45, 2.75) is 12.1 Å². The standard InChI is InChI=1S/C15H16N2O/c16-10-13-15(11-6-2-1-3-7-11)18-14-9-5-4-8-12(14)17-13/h1-9,13,15,17H,10,16H2/t13-,15+/m1/s1. The van der Waals surface area contributed by atoms with Gasteiger partial charge in [-0.25, -0.2) is 0 Å². The van der Waals surface area contributed by atoms with Crippen molar-refractivity contribution in [3.63, 3.8) is 0 Å². The molecule has 3 heteroatoms. The topological polar surface area (TPSA) is 47.3 Å². The number of benzene rings is 2. The van der Waals surface area contributed by atoms with Gasteiger partial charge in [0.2, 0.25) is 0 Å². The highest BCUT2D eigenvalue weighted by Gasteiger charge is 2.29. The zero-order valence-corrected chi connectivity index (χ0v) is 10.0. The Hall–Kier alpha value is -2.00. The maximum atomic E-state index is 6.08. The van der Waals surface area contributed by atoms with Crippen LogP contribution in [0.1, 0.15) is 11.7 Å². The van der Waals surface area contributed by atoms with Crippen LogP contribution in [0.3, 0.4) is 0 Å². The van der Waals surface area contributed by atoms with E-state index in [1.165, 1.54) is 0 Å². The number of rotatable bonds is 2. The summed E-state index contributed by atoms with van der Waals surface area (Å²) in [5.74, 6) is 0.885. The third-order valence-corrected chi connectivity index (χ3v) is 3.23. The van der Waals surface area contributed by atoms with Crippen LogP contribution in [0.15, 0.2) is 54.6 Å². The predicted molar refractivity (Wildman–Crippen MR) is 72.7 cm³/mol. The third-order valence-electron chi connectivity index (χ3n) is 3.23. The summed E-state index contributed by atoms with van der Waals surface area (Å²) >= 11 is 0. The van der Waals surface area contributed by atoms with Gasteiger partial charge in [0.05, 0.1) is 11.7 Å². The monoisotopic (exact) mass is 240 g/mol. The van der Waals surface area contributed by atoms with Gasteiger partial charge in [-0.3, -0.25) is 0 Å². The highest BCUT2D eigenvalue weighted by Crippen LogP contribution is 2.36. The van der Waals surface area contributed by atoms with Gasteiger partial charge in [-0.05, 0) is 17.7 Å². The molecule has 1 heterocycles. The van der Waals surface area contributed by atoms with Gasteiger partial charge in [0, 0.05) is 6.54 Å². The molecular weight excluding hydrogens is 224 g/mol. The molecule has 0 radical (unpaired) electrons. The van der Waals surface area contributed by atoms with Crippen LogP contribution in [0.5, 0.6) is 5.75 Å². The number of hydrogen-bond acceptors (Lipinski definition) is 3. The van der Waals surface area contributed by atoms with Crippen LogP contribution in [0.2, 0.25) is 0 Å². The molecule has 0 saturated heterocycles. The van der Waals surface area contributed by atoms with Gasteiger partial charge in [-0.15, -0.1) is 0 Å². The fourth-order valence-electron chi connectivity index (χ4n) is 2.31. The first-order valence-electron chi connectivity index (χ1n) is 6.16. The van der Waals surface area contributed by atoms with E-state index in [-0.39, 0.29) is 12.1 Å². The molecule has 2 aromatic rings. The summed E-state index contributed by atoms with van der Waals surface area (Å²) in [4.78, 5) is 0. The van der Waals surface area contributed by atoms with Crippen molar-refractivity contribution in [3.05, 3.63) is 60.2 Å². The van der Waals surface area contributed by atoms with E-state index >= 15 is 0 Å². The molecule has 0 unspecified atom stereocenters. The average Bonchev–Trinajstić information content (AvgIpc) is 2.46. The average molecular weight is 240 g/mol. The zero-order valence-electron chi connectivity index (χ0n) is 10.0. The van der Waals surface area contributed by atoms with Gasteiger partial charge in [-0.1, -0.05) is 42.5 Å². The summed E-state index contributed by atoms with van der Waals surface area (Å²) in [6.07, 6.45) is -0.0360. The second kappa shape index (κ2) is 4.70. The summed E-state index contributed by atoms with van der Waals surface area (Å²) in [5.41, 5.74) is 8.01. The molecular formula is C15H16N2O. The van der Waals surface area contributed by atoms with Crippen molar-refractivity contribution in [1.29, 1.82) is 0 Å². The molecule has 2 atom stereocenters. The van der Waals surface area contributed by atoms with Crippen LogP contribution in [0.4, 0.5) is 5.69 Å². The molecule has 0 fully saturated rings. The van der Waals surface area contributed by atoms with Crippen molar-refractivity contribution < 1.29 is 4.74 Å². The fraction of sp³-hybridized carbons (Fsp3) is 0.200. The Morgan fingerprint density at radius 1 is 1.00 bits per heavy atom. The second-order valence-corrected chi connectivity index (χ2v) is 4.43. The fourth-order valence-corrected chi connectivity index (χ4v) is 2.31. The van der Waals surface area contributed by atoms with Gasteiger partial charge in [0.15, 0.2) is 0 Å². The molecule has 92 valence electrons. The molecule has 2 aromatic carbocycles. The summed E-state index contributed by atoms with van der Waals surface area (Å²) in [5, 5.41) is 3.45. The van der Waals surface area contributed by atoms with Crippen LogP contribution in [0, 0.1) is 0 Å². The number of nitrogens with one attached hydrogen (secondary N) is 1. The molecule has 3 nitrogen and oxygen atoms in total. The van der Waals surface area contributed by atoms with E-state index < -0.39 is 0 Å². The van der Waals surface area contributed by atoms with Crippen molar-refractivity contribution in [1.82, 2.24) is 0 Å². The first-order valence-corrected chi connectivity index (χ1v) is 6.16. The molecule has 0 bridgehead atoms. The van der Waals surface area contributed by atoms with Crippen molar-refractivity contribution >= 4 is 5.69 Å². The molecule has 1 aliphatic heterocycles. The third kappa shape index (κ3) is 1.93. The van der Waals surface area contributed by atoms with Crippen LogP contribution < -0.4 is 15.8 Å². The maximum Gasteiger partial charge on any atom is 0.145 e. The molecule has 3 N–H and O–H groups in total. The number of nitrogens with two attached hydrogens (primary N) is 1. The molecule has 0 spiro atoms. The number of hydrogen-bond donors (Lipinski definition) is 2. The molecule has 1 aliphatic rings. The maximum absolute atomic E-state index is 6.08. The Bertz CT molecular complexity index is 527. The van der Waals surface area contributed by atoms with Crippen LogP contribution in [-0.4, -0.2) is 12.6 Å². The molecule has 0 amide bonds. The van der Waals surface area contributed by atoms with Gasteiger partial charge >= 0.3 is 0 Å². The Labute approximate surface area is 107 Å². The summed E-state index contributed by atoms with van der Waals surface area (Å²) < 4.78 is 6.08. The first-order chi connectivity index (χ1) is 8.88. The number of para-hydroxylation sites is 2. The smallest absolute Gasteiger partial charge is 0.145 e. The van der Waals surface area contributed by atoms with Crippen molar-refractivity contribution in [3.8, 4) is 5.75 Å². The lowest BCUT2D eigenvalue weighted by molar-refractivity contribution is 0.173. The normalized spacial score (nSPS) is 21.6. The minimum absolute atomic E-state index is 0.0360. The quantitative estimate of drug-likeness (QED) is 0.848. The SMILES string of the molecule is NC[C@H]1Nc2ccccc2O[C@H]1c1ccccc1. The van der Waals surface area contributed by atoms with E-state index in [0.29, 0.717) is 6.54 Å². The Kier molecular flexibility index (Phi) is 2.90. The lowest BCUT2D eigenvalue weighted by atomic mass is 10.00. The minimum Gasteiger partial charge on any atom is -0.481 e. The van der Waals surface area contributed by atoms with Gasteiger partial charge in [-0.2, -0.15) is 0 Å². The zero-order chi connectivity index (χ0) is 12.4. The second-order valence-electron chi connectivity index (χ2n) is 4.43. The first kappa shape index (κ1) is 11.1. The van der Waals surface area contributed by atoms with Gasteiger partial charge < -0.3 is 15.8 Å². The van der Waals surface area contributed by atoms with E-state index in [2.05, 4.69) is 17.4 Å². The Balaban J connectivity index is 1.96. The number of ether oxygens (including phenoxy) is 1.